The van der Waals surface area contributed by atoms with E-state index in [0.717, 1.165) is 21.8 Å². The van der Waals surface area contributed by atoms with Crippen molar-refractivity contribution in [2.75, 3.05) is 26.2 Å². The van der Waals surface area contributed by atoms with Crippen molar-refractivity contribution in [1.29, 1.82) is 0 Å². The number of halogens is 1. The van der Waals surface area contributed by atoms with Gasteiger partial charge >= 0.3 is 0 Å². The van der Waals surface area contributed by atoms with Crippen LogP contribution in [0.3, 0.4) is 0 Å². The van der Waals surface area contributed by atoms with Crippen molar-refractivity contribution < 1.29 is 9.53 Å². The minimum absolute atomic E-state index is 0.0636. The molecule has 0 bridgehead atoms. The van der Waals surface area contributed by atoms with Crippen LogP contribution in [-0.4, -0.2) is 43.2 Å². The molecule has 1 atom stereocenters. The first-order valence-corrected chi connectivity index (χ1v) is 8.07. The molecule has 7 heteroatoms. The van der Waals surface area contributed by atoms with Crippen molar-refractivity contribution in [2.45, 2.75) is 12.5 Å². The molecule has 5 nitrogen and oxygen atoms in total. The molecule has 1 aromatic carbocycles. The van der Waals surface area contributed by atoms with Crippen LogP contribution in [-0.2, 0) is 16.0 Å². The molecule has 1 aliphatic rings. The molecule has 2 heterocycles. The summed E-state index contributed by atoms with van der Waals surface area (Å²) in [5.41, 5.74) is 0.911. The highest BCUT2D eigenvalue weighted by Gasteiger charge is 2.21. The second-order valence-electron chi connectivity index (χ2n) is 4.82. The number of amides is 1. The van der Waals surface area contributed by atoms with Gasteiger partial charge in [0.05, 0.1) is 21.8 Å². The highest BCUT2D eigenvalue weighted by Crippen LogP contribution is 2.24. The lowest BCUT2D eigenvalue weighted by molar-refractivity contribution is -0.134. The van der Waals surface area contributed by atoms with Gasteiger partial charge in [0, 0.05) is 31.1 Å². The number of carbonyl (C=O) groups excluding carboxylic acids is 1. The molecular weight excluding hydrogens is 310 g/mol. The molecule has 0 aliphatic carbocycles. The predicted molar refractivity (Wildman–Crippen MR) is 84.0 cm³/mol. The summed E-state index contributed by atoms with van der Waals surface area (Å²) in [6, 6.07) is 5.69. The lowest BCUT2D eigenvalue weighted by Gasteiger charge is -2.22. The summed E-state index contributed by atoms with van der Waals surface area (Å²) in [5, 5.41) is 7.72. The zero-order valence-electron chi connectivity index (χ0n) is 11.4. The van der Waals surface area contributed by atoms with Crippen LogP contribution in [0.25, 0.3) is 10.2 Å². The van der Waals surface area contributed by atoms with E-state index in [-0.39, 0.29) is 12.0 Å². The van der Waals surface area contributed by atoms with Crippen LogP contribution in [0.5, 0.6) is 0 Å². The van der Waals surface area contributed by atoms with Gasteiger partial charge in [0.1, 0.15) is 6.10 Å². The van der Waals surface area contributed by atoms with Gasteiger partial charge in [-0.05, 0) is 18.2 Å². The molecule has 112 valence electrons. The molecule has 1 aliphatic heterocycles. The third-order valence-corrected chi connectivity index (χ3v) is 4.58. The Kier molecular flexibility index (Phi) is 4.70. The Balaban J connectivity index is 1.53. The molecule has 1 amide bonds. The third kappa shape index (κ3) is 3.71. The number of benzene rings is 1. The van der Waals surface area contributed by atoms with Crippen LogP contribution >= 0.6 is 22.9 Å². The minimum Gasteiger partial charge on any atom is -0.366 e. The Bertz CT molecular complexity index is 640. The zero-order valence-corrected chi connectivity index (χ0v) is 13.0. The van der Waals surface area contributed by atoms with E-state index < -0.39 is 0 Å². The fraction of sp³-hybridized carbons (Fsp3) is 0.429. The molecule has 1 fully saturated rings. The highest BCUT2D eigenvalue weighted by molar-refractivity contribution is 7.18. The number of aromatic nitrogens is 1. The first-order valence-electron chi connectivity index (χ1n) is 6.87. The Hall–Kier alpha value is -1.21. The standard InChI is InChI=1S/C14H16ClN3O2S/c15-9-1-2-12-10(7-9)18-13(21-12)3-4-17-14(19)11-8-16-5-6-20-11/h1-2,7,11,16H,3-6,8H2,(H,17,19). The van der Waals surface area contributed by atoms with Crippen LogP contribution < -0.4 is 10.6 Å². The van der Waals surface area contributed by atoms with Gasteiger partial charge in [-0.15, -0.1) is 11.3 Å². The molecule has 21 heavy (non-hydrogen) atoms. The molecule has 1 aromatic heterocycles. The Morgan fingerprint density at radius 1 is 1.57 bits per heavy atom. The van der Waals surface area contributed by atoms with E-state index in [2.05, 4.69) is 15.6 Å². The van der Waals surface area contributed by atoms with Gasteiger partial charge in [-0.3, -0.25) is 4.79 Å². The van der Waals surface area contributed by atoms with Gasteiger partial charge in [0.15, 0.2) is 0 Å². The van der Waals surface area contributed by atoms with Crippen LogP contribution in [0.1, 0.15) is 5.01 Å². The average Bonchev–Trinajstić information content (AvgIpc) is 2.89. The van der Waals surface area contributed by atoms with E-state index in [4.69, 9.17) is 16.3 Å². The van der Waals surface area contributed by atoms with Crippen molar-refractivity contribution in [1.82, 2.24) is 15.6 Å². The number of nitrogens with one attached hydrogen (secondary N) is 2. The fourth-order valence-electron chi connectivity index (χ4n) is 2.20. The number of carbonyl (C=O) groups is 1. The van der Waals surface area contributed by atoms with E-state index in [9.17, 15) is 4.79 Å². The second-order valence-corrected chi connectivity index (χ2v) is 6.38. The molecule has 0 radical (unpaired) electrons. The number of morpholine rings is 1. The van der Waals surface area contributed by atoms with Gasteiger partial charge in [0.2, 0.25) is 5.91 Å². The minimum atomic E-state index is -0.382. The van der Waals surface area contributed by atoms with E-state index in [1.807, 2.05) is 18.2 Å². The molecule has 2 N–H and O–H groups in total. The summed E-state index contributed by atoms with van der Waals surface area (Å²) in [5.74, 6) is -0.0636. The highest BCUT2D eigenvalue weighted by atomic mass is 35.5. The SMILES string of the molecule is O=C(NCCc1nc2cc(Cl)ccc2s1)C1CNCCO1. The molecule has 1 saturated heterocycles. The maximum Gasteiger partial charge on any atom is 0.250 e. The van der Waals surface area contributed by atoms with Crippen LogP contribution in [0.2, 0.25) is 5.02 Å². The maximum absolute atomic E-state index is 11.9. The molecular formula is C14H16ClN3O2S. The van der Waals surface area contributed by atoms with Gasteiger partial charge in [0.25, 0.3) is 0 Å². The predicted octanol–water partition coefficient (Wildman–Crippen LogP) is 1.60. The van der Waals surface area contributed by atoms with Gasteiger partial charge in [-0.25, -0.2) is 4.98 Å². The number of ether oxygens (including phenoxy) is 1. The van der Waals surface area contributed by atoms with Crippen molar-refractivity contribution in [3.63, 3.8) is 0 Å². The molecule has 2 aromatic rings. The van der Waals surface area contributed by atoms with Crippen molar-refractivity contribution in [2.24, 2.45) is 0 Å². The monoisotopic (exact) mass is 325 g/mol. The number of hydrogen-bond donors (Lipinski definition) is 2. The Morgan fingerprint density at radius 3 is 3.29 bits per heavy atom. The summed E-state index contributed by atoms with van der Waals surface area (Å²) in [7, 11) is 0. The number of nitrogens with zero attached hydrogens (tertiary/aromatic N) is 1. The number of thiazole rings is 1. The normalized spacial score (nSPS) is 18.8. The average molecular weight is 326 g/mol. The number of fused-ring (bicyclic) bond motifs is 1. The van der Waals surface area contributed by atoms with E-state index in [1.54, 1.807) is 11.3 Å². The zero-order chi connectivity index (χ0) is 14.7. The quantitative estimate of drug-likeness (QED) is 0.896. The lowest BCUT2D eigenvalue weighted by Crippen LogP contribution is -2.48. The van der Waals surface area contributed by atoms with E-state index >= 15 is 0 Å². The van der Waals surface area contributed by atoms with Crippen molar-refractivity contribution >= 4 is 39.1 Å². The third-order valence-electron chi connectivity index (χ3n) is 3.25. The van der Waals surface area contributed by atoms with Crippen LogP contribution in [0.15, 0.2) is 18.2 Å². The van der Waals surface area contributed by atoms with Crippen molar-refractivity contribution in [3.05, 3.63) is 28.2 Å². The smallest absolute Gasteiger partial charge is 0.250 e. The summed E-state index contributed by atoms with van der Waals surface area (Å²) >= 11 is 7.58. The molecule has 0 spiro atoms. The molecule has 1 unspecified atom stereocenters. The summed E-state index contributed by atoms with van der Waals surface area (Å²) < 4.78 is 6.51. The van der Waals surface area contributed by atoms with Gasteiger partial charge in [-0.2, -0.15) is 0 Å². The van der Waals surface area contributed by atoms with E-state index in [0.29, 0.717) is 31.1 Å². The number of hydrogen-bond acceptors (Lipinski definition) is 5. The summed E-state index contributed by atoms with van der Waals surface area (Å²) in [6.45, 7) is 2.52. The Labute approximate surface area is 131 Å². The maximum atomic E-state index is 11.9. The summed E-state index contributed by atoms with van der Waals surface area (Å²) in [4.78, 5) is 16.4. The van der Waals surface area contributed by atoms with Crippen molar-refractivity contribution in [3.8, 4) is 0 Å². The summed E-state index contributed by atoms with van der Waals surface area (Å²) in [6.07, 6.45) is 0.330. The first kappa shape index (κ1) is 14.7. The van der Waals surface area contributed by atoms with Gasteiger partial charge in [-0.1, -0.05) is 11.6 Å². The van der Waals surface area contributed by atoms with Crippen LogP contribution in [0.4, 0.5) is 0 Å². The Morgan fingerprint density at radius 2 is 2.48 bits per heavy atom. The van der Waals surface area contributed by atoms with Gasteiger partial charge < -0.3 is 15.4 Å². The van der Waals surface area contributed by atoms with Crippen LogP contribution in [0, 0.1) is 0 Å². The topological polar surface area (TPSA) is 63.2 Å². The largest absolute Gasteiger partial charge is 0.366 e. The van der Waals surface area contributed by atoms with E-state index in [1.165, 1.54) is 0 Å². The fourth-order valence-corrected chi connectivity index (χ4v) is 3.31. The number of rotatable bonds is 4. The second kappa shape index (κ2) is 6.70. The first-order chi connectivity index (χ1) is 10.2. The lowest BCUT2D eigenvalue weighted by atomic mass is 10.3. The molecule has 0 saturated carbocycles. The molecule has 3 rings (SSSR count).